The summed E-state index contributed by atoms with van der Waals surface area (Å²) in [5.74, 6) is -3.42. The molecule has 1 saturated heterocycles. The molecule has 1 N–H and O–H groups in total. The molecule has 31 heavy (non-hydrogen) atoms. The Kier molecular flexibility index (Phi) is 6.60. The molecule has 1 fully saturated rings. The Balaban J connectivity index is 1.99. The highest BCUT2D eigenvalue weighted by atomic mass is 35.5. The van der Waals surface area contributed by atoms with Gasteiger partial charge >= 0.3 is 0 Å². The Morgan fingerprint density at radius 2 is 2.03 bits per heavy atom. The average molecular weight is 452 g/mol. The first kappa shape index (κ1) is 22.7. The predicted octanol–water partition coefficient (Wildman–Crippen LogP) is 4.69. The second-order valence-corrected chi connectivity index (χ2v) is 7.92. The van der Waals surface area contributed by atoms with Crippen molar-refractivity contribution in [1.29, 1.82) is 5.26 Å². The Labute approximate surface area is 183 Å². The predicted molar refractivity (Wildman–Crippen MR) is 114 cm³/mol. The maximum Gasteiger partial charge on any atom is 0.259 e. The smallest absolute Gasteiger partial charge is 0.259 e. The van der Waals surface area contributed by atoms with E-state index in [1.165, 1.54) is 18.2 Å². The molecule has 0 aliphatic carbocycles. The van der Waals surface area contributed by atoms with Gasteiger partial charge in [-0.05, 0) is 30.7 Å². The second-order valence-electron chi connectivity index (χ2n) is 7.52. The summed E-state index contributed by atoms with van der Waals surface area (Å²) in [6, 6.07) is 6.76. The fraction of sp³-hybridized carbons (Fsp3) is 0.381. The van der Waals surface area contributed by atoms with Crippen LogP contribution in [0.3, 0.4) is 0 Å². The number of carbonyl (C=O) groups excluding carboxylic acids is 1. The molecule has 3 rings (SSSR count). The summed E-state index contributed by atoms with van der Waals surface area (Å²) < 4.78 is 41.3. The van der Waals surface area contributed by atoms with Crippen LogP contribution in [-0.2, 0) is 0 Å². The Bertz CT molecular complexity index is 1040. The number of aromatic nitrogens is 1. The summed E-state index contributed by atoms with van der Waals surface area (Å²) in [5.41, 5.74) is 0.0969. The van der Waals surface area contributed by atoms with Crippen LogP contribution in [0, 0.1) is 17.1 Å². The van der Waals surface area contributed by atoms with E-state index >= 15 is 0 Å². The summed E-state index contributed by atoms with van der Waals surface area (Å²) in [7, 11) is 3.46. The highest BCUT2D eigenvalue weighted by Crippen LogP contribution is 2.34. The molecule has 2 aromatic rings. The van der Waals surface area contributed by atoms with Gasteiger partial charge in [0, 0.05) is 45.7 Å². The zero-order chi connectivity index (χ0) is 22.8. The topological polar surface area (TPSA) is 72.3 Å². The number of anilines is 3. The van der Waals surface area contributed by atoms with Crippen LogP contribution in [0.25, 0.3) is 0 Å². The van der Waals surface area contributed by atoms with Crippen LogP contribution < -0.4 is 15.1 Å². The van der Waals surface area contributed by atoms with Crippen LogP contribution in [0.15, 0.2) is 24.3 Å². The molecular formula is C21H21ClF3N5O. The molecule has 6 nitrogen and oxygen atoms in total. The number of amides is 1. The minimum absolute atomic E-state index is 0.0317. The number of nitrogens with one attached hydrogen (secondary N) is 1. The monoisotopic (exact) mass is 451 g/mol. The van der Waals surface area contributed by atoms with Crippen molar-refractivity contribution in [3.63, 3.8) is 0 Å². The third-order valence-corrected chi connectivity index (χ3v) is 5.25. The minimum Gasteiger partial charge on any atom is -0.361 e. The lowest BCUT2D eigenvalue weighted by molar-refractivity contribution is -0.0102. The zero-order valence-corrected chi connectivity index (χ0v) is 17.8. The third kappa shape index (κ3) is 5.20. The molecule has 1 aromatic carbocycles. The molecule has 0 bridgehead atoms. The molecule has 1 amide bonds. The summed E-state index contributed by atoms with van der Waals surface area (Å²) in [5, 5.41) is 11.8. The fourth-order valence-electron chi connectivity index (χ4n) is 3.35. The van der Waals surface area contributed by atoms with Crippen molar-refractivity contribution in [2.45, 2.75) is 25.2 Å². The van der Waals surface area contributed by atoms with Gasteiger partial charge in [-0.1, -0.05) is 11.6 Å². The van der Waals surface area contributed by atoms with E-state index in [1.54, 1.807) is 30.0 Å². The van der Waals surface area contributed by atoms with Crippen LogP contribution >= 0.6 is 11.6 Å². The van der Waals surface area contributed by atoms with E-state index in [0.717, 1.165) is 6.07 Å². The Hall–Kier alpha value is -2.99. The highest BCUT2D eigenvalue weighted by Gasteiger charge is 2.33. The summed E-state index contributed by atoms with van der Waals surface area (Å²) in [6.45, 7) is 0.344. The largest absolute Gasteiger partial charge is 0.361 e. The number of nitriles is 1. The van der Waals surface area contributed by atoms with Crippen LogP contribution in [0.2, 0.25) is 5.02 Å². The number of alkyl halides is 2. The Morgan fingerprint density at radius 1 is 1.29 bits per heavy atom. The molecular weight excluding hydrogens is 431 g/mol. The maximum atomic E-state index is 13.9. The van der Waals surface area contributed by atoms with E-state index in [4.69, 9.17) is 16.9 Å². The van der Waals surface area contributed by atoms with E-state index in [-0.39, 0.29) is 53.5 Å². The van der Waals surface area contributed by atoms with Crippen molar-refractivity contribution in [2.24, 2.45) is 0 Å². The molecule has 1 aromatic heterocycles. The SMILES string of the molecule is CN(C)c1nc(N2CCCC(F)(F)CC2)c(C(=O)Nc2ccc(F)c(C#N)c2)cc1Cl. The number of hydrogen-bond acceptors (Lipinski definition) is 5. The lowest BCUT2D eigenvalue weighted by Crippen LogP contribution is -2.30. The van der Waals surface area contributed by atoms with E-state index < -0.39 is 17.6 Å². The van der Waals surface area contributed by atoms with Crippen LogP contribution in [0.1, 0.15) is 35.2 Å². The molecule has 0 unspecified atom stereocenters. The van der Waals surface area contributed by atoms with Gasteiger partial charge in [-0.15, -0.1) is 0 Å². The van der Waals surface area contributed by atoms with Gasteiger partial charge < -0.3 is 15.1 Å². The van der Waals surface area contributed by atoms with Gasteiger partial charge in [-0.25, -0.2) is 18.2 Å². The Morgan fingerprint density at radius 3 is 2.71 bits per heavy atom. The molecule has 0 radical (unpaired) electrons. The first-order chi connectivity index (χ1) is 14.6. The van der Waals surface area contributed by atoms with E-state index in [1.807, 2.05) is 0 Å². The summed E-state index contributed by atoms with van der Waals surface area (Å²) in [4.78, 5) is 20.9. The van der Waals surface area contributed by atoms with Crippen molar-refractivity contribution in [2.75, 3.05) is 42.3 Å². The number of halogens is 4. The number of pyridine rings is 1. The van der Waals surface area contributed by atoms with Gasteiger partial charge in [0.25, 0.3) is 5.91 Å². The lowest BCUT2D eigenvalue weighted by atomic mass is 10.1. The number of hydrogen-bond donors (Lipinski definition) is 1. The second kappa shape index (κ2) is 9.02. The standard InChI is InChI=1S/C21H21ClF3N5O/c1-29(2)19-16(22)11-15(18(28-19)30-8-3-6-21(24,25)7-9-30)20(31)27-14-4-5-17(23)13(10-14)12-26/h4-5,10-11H,3,6-9H2,1-2H3,(H,27,31). The van der Waals surface area contributed by atoms with Crippen molar-refractivity contribution < 1.29 is 18.0 Å². The number of rotatable bonds is 4. The first-order valence-corrected chi connectivity index (χ1v) is 10.0. The van der Waals surface area contributed by atoms with Gasteiger partial charge in [0.05, 0.1) is 16.1 Å². The molecule has 0 atom stereocenters. The summed E-state index contributed by atoms with van der Waals surface area (Å²) in [6.07, 6.45) is -0.329. The van der Waals surface area contributed by atoms with Crippen LogP contribution in [0.5, 0.6) is 0 Å². The molecule has 1 aliphatic heterocycles. The minimum atomic E-state index is -2.77. The quantitative estimate of drug-likeness (QED) is 0.730. The first-order valence-electron chi connectivity index (χ1n) is 9.63. The molecule has 1 aliphatic rings. The number of nitrogens with zero attached hydrogens (tertiary/aromatic N) is 4. The maximum absolute atomic E-state index is 13.9. The van der Waals surface area contributed by atoms with Gasteiger partial charge in [0.1, 0.15) is 23.5 Å². The average Bonchev–Trinajstić information content (AvgIpc) is 2.89. The number of benzene rings is 1. The van der Waals surface area contributed by atoms with E-state index in [9.17, 15) is 18.0 Å². The van der Waals surface area contributed by atoms with Crippen molar-refractivity contribution in [3.05, 3.63) is 46.2 Å². The number of carbonyl (C=O) groups is 1. The van der Waals surface area contributed by atoms with Crippen molar-refractivity contribution >= 4 is 34.8 Å². The molecule has 0 saturated carbocycles. The van der Waals surface area contributed by atoms with Crippen molar-refractivity contribution in [1.82, 2.24) is 4.98 Å². The molecule has 10 heteroatoms. The van der Waals surface area contributed by atoms with E-state index in [0.29, 0.717) is 12.4 Å². The van der Waals surface area contributed by atoms with Gasteiger partial charge in [-0.3, -0.25) is 4.79 Å². The van der Waals surface area contributed by atoms with Crippen molar-refractivity contribution in [3.8, 4) is 6.07 Å². The van der Waals surface area contributed by atoms with Gasteiger partial charge in [-0.2, -0.15) is 5.26 Å². The summed E-state index contributed by atoms with van der Waals surface area (Å²) >= 11 is 6.31. The lowest BCUT2D eigenvalue weighted by Gasteiger charge is -2.26. The van der Waals surface area contributed by atoms with Crippen LogP contribution in [-0.4, -0.2) is 44.0 Å². The molecule has 0 spiro atoms. The third-order valence-electron chi connectivity index (χ3n) is 4.97. The van der Waals surface area contributed by atoms with Gasteiger partial charge in [0.15, 0.2) is 0 Å². The highest BCUT2D eigenvalue weighted by molar-refractivity contribution is 6.33. The normalized spacial score (nSPS) is 15.7. The van der Waals surface area contributed by atoms with E-state index in [2.05, 4.69) is 10.3 Å². The van der Waals surface area contributed by atoms with Gasteiger partial charge in [0.2, 0.25) is 5.92 Å². The fourth-order valence-corrected chi connectivity index (χ4v) is 3.67. The molecule has 2 heterocycles. The molecule has 164 valence electrons. The zero-order valence-electron chi connectivity index (χ0n) is 17.1. The van der Waals surface area contributed by atoms with Crippen LogP contribution in [0.4, 0.5) is 30.5 Å².